The van der Waals surface area contributed by atoms with Crippen molar-refractivity contribution in [2.45, 2.75) is 12.3 Å². The van der Waals surface area contributed by atoms with Crippen LogP contribution in [0.5, 0.6) is 5.75 Å². The molecule has 7 nitrogen and oxygen atoms in total. The van der Waals surface area contributed by atoms with Crippen molar-refractivity contribution in [3.8, 4) is 17.1 Å². The maximum atomic E-state index is 13.4. The smallest absolute Gasteiger partial charge is 0.417 e. The number of carbonyl (C=O) groups is 1. The van der Waals surface area contributed by atoms with Crippen LogP contribution in [0.3, 0.4) is 0 Å². The van der Waals surface area contributed by atoms with E-state index in [9.17, 15) is 23.1 Å². The number of carbonyl (C=O) groups excluding carboxylic acids is 1. The van der Waals surface area contributed by atoms with Crippen molar-refractivity contribution in [2.75, 3.05) is 18.5 Å². The number of alkyl halides is 3. The summed E-state index contributed by atoms with van der Waals surface area (Å²) in [6.07, 6.45) is -5.55. The number of aliphatic hydroxyl groups is 2. The third-order valence-corrected chi connectivity index (χ3v) is 5.01. The Bertz CT molecular complexity index is 1300. The van der Waals surface area contributed by atoms with Gasteiger partial charge < -0.3 is 25.3 Å². The van der Waals surface area contributed by atoms with E-state index >= 15 is 0 Å². The van der Waals surface area contributed by atoms with Crippen molar-refractivity contribution < 1.29 is 32.9 Å². The lowest BCUT2D eigenvalue weighted by molar-refractivity contribution is -0.137. The van der Waals surface area contributed by atoms with Gasteiger partial charge in [-0.1, -0.05) is 24.3 Å². The van der Waals surface area contributed by atoms with Gasteiger partial charge in [0.15, 0.2) is 0 Å². The highest BCUT2D eigenvalue weighted by atomic mass is 19.4. The van der Waals surface area contributed by atoms with Crippen LogP contribution >= 0.6 is 0 Å². The summed E-state index contributed by atoms with van der Waals surface area (Å²) in [5.41, 5.74) is 0.371. The lowest BCUT2D eigenvalue weighted by Gasteiger charge is -2.11. The number of amides is 1. The van der Waals surface area contributed by atoms with Crippen molar-refractivity contribution in [1.29, 1.82) is 0 Å². The number of anilines is 1. The van der Waals surface area contributed by atoms with Gasteiger partial charge in [0.1, 0.15) is 29.8 Å². The number of nitrogens with one attached hydrogen (secondary N) is 2. The topological polar surface area (TPSA) is 107 Å². The van der Waals surface area contributed by atoms with Crippen molar-refractivity contribution in [2.24, 2.45) is 0 Å². The molecule has 4 rings (SSSR count). The molecule has 0 radical (unpaired) electrons. The summed E-state index contributed by atoms with van der Waals surface area (Å²) >= 11 is 0. The van der Waals surface area contributed by atoms with Gasteiger partial charge >= 0.3 is 6.18 Å². The van der Waals surface area contributed by atoms with E-state index in [1.807, 2.05) is 0 Å². The van der Waals surface area contributed by atoms with Gasteiger partial charge in [0.25, 0.3) is 5.91 Å². The Morgan fingerprint density at radius 2 is 1.79 bits per heavy atom. The third-order valence-electron chi connectivity index (χ3n) is 5.01. The molecule has 1 heterocycles. The first-order valence-electron chi connectivity index (χ1n) is 10.2. The van der Waals surface area contributed by atoms with E-state index in [0.717, 1.165) is 6.07 Å². The highest BCUT2D eigenvalue weighted by molar-refractivity contribution is 6.11. The van der Waals surface area contributed by atoms with Crippen LogP contribution in [0.1, 0.15) is 15.9 Å². The fourth-order valence-corrected chi connectivity index (χ4v) is 3.36. The quantitative estimate of drug-likeness (QED) is 0.323. The third kappa shape index (κ3) is 5.03. The summed E-state index contributed by atoms with van der Waals surface area (Å²) in [5.74, 6) is -0.0419. The average molecular weight is 471 g/mol. The van der Waals surface area contributed by atoms with E-state index in [1.54, 1.807) is 36.4 Å². The number of benzene rings is 3. The summed E-state index contributed by atoms with van der Waals surface area (Å²) in [5, 5.41) is 20.9. The molecule has 0 aliphatic heterocycles. The molecule has 0 spiro atoms. The van der Waals surface area contributed by atoms with E-state index in [0.29, 0.717) is 17.0 Å². The number of aromatic nitrogens is 2. The number of ether oxygens (including phenoxy) is 1. The molecule has 3 aromatic carbocycles. The number of nitrogens with zero attached hydrogens (tertiary/aromatic N) is 1. The summed E-state index contributed by atoms with van der Waals surface area (Å²) in [7, 11) is 0. The molecule has 0 aliphatic rings. The second-order valence-electron chi connectivity index (χ2n) is 7.46. The van der Waals surface area contributed by atoms with E-state index < -0.39 is 30.4 Å². The molecule has 4 N–H and O–H groups in total. The molecule has 34 heavy (non-hydrogen) atoms. The van der Waals surface area contributed by atoms with Crippen molar-refractivity contribution in [1.82, 2.24) is 9.97 Å². The molecule has 0 saturated heterocycles. The Balaban J connectivity index is 1.58. The van der Waals surface area contributed by atoms with E-state index in [4.69, 9.17) is 9.84 Å². The Labute approximate surface area is 191 Å². The number of imidazole rings is 1. The fraction of sp³-hybridized carbons (Fsp3) is 0.167. The van der Waals surface area contributed by atoms with Gasteiger partial charge in [-0.05, 0) is 42.5 Å². The number of H-pyrrole nitrogens is 1. The van der Waals surface area contributed by atoms with E-state index in [2.05, 4.69) is 15.3 Å². The van der Waals surface area contributed by atoms with Gasteiger partial charge in [-0.3, -0.25) is 4.79 Å². The van der Waals surface area contributed by atoms with Crippen LogP contribution in [-0.4, -0.2) is 45.4 Å². The van der Waals surface area contributed by atoms with E-state index in [1.165, 1.54) is 24.3 Å². The average Bonchev–Trinajstić information content (AvgIpc) is 3.27. The van der Waals surface area contributed by atoms with E-state index in [-0.39, 0.29) is 29.1 Å². The van der Waals surface area contributed by atoms with Crippen LogP contribution in [0, 0.1) is 0 Å². The SMILES string of the molecule is O=C(Nc1ccc(OCC(O)CO)cc1)c1cccc2[nH]c(-c3ccccc3C(F)(F)F)nc12. The minimum Gasteiger partial charge on any atom is -0.491 e. The first kappa shape index (κ1) is 23.3. The molecule has 176 valence electrons. The molecule has 1 amide bonds. The highest BCUT2D eigenvalue weighted by Gasteiger charge is 2.34. The Kier molecular flexibility index (Phi) is 6.53. The highest BCUT2D eigenvalue weighted by Crippen LogP contribution is 2.36. The molecular formula is C24H20F3N3O4. The summed E-state index contributed by atoms with van der Waals surface area (Å²) in [6, 6.07) is 16.2. The number of hydrogen-bond donors (Lipinski definition) is 4. The lowest BCUT2D eigenvalue weighted by atomic mass is 10.1. The molecule has 4 aromatic rings. The van der Waals surface area contributed by atoms with Crippen molar-refractivity contribution in [3.05, 3.63) is 77.9 Å². The van der Waals surface area contributed by atoms with Crippen molar-refractivity contribution >= 4 is 22.6 Å². The molecule has 1 aromatic heterocycles. The molecular weight excluding hydrogens is 451 g/mol. The summed E-state index contributed by atoms with van der Waals surface area (Å²) in [6.45, 7) is -0.500. The van der Waals surface area contributed by atoms with Crippen LogP contribution < -0.4 is 10.1 Å². The van der Waals surface area contributed by atoms with Crippen LogP contribution in [0.15, 0.2) is 66.7 Å². The minimum absolute atomic E-state index is 0.00902. The van der Waals surface area contributed by atoms with Crippen LogP contribution in [0.4, 0.5) is 18.9 Å². The van der Waals surface area contributed by atoms with Crippen LogP contribution in [0.2, 0.25) is 0 Å². The number of aromatic amines is 1. The van der Waals surface area contributed by atoms with Gasteiger partial charge in [-0.15, -0.1) is 0 Å². The summed E-state index contributed by atoms with van der Waals surface area (Å²) in [4.78, 5) is 20.1. The maximum absolute atomic E-state index is 13.4. The number of fused-ring (bicyclic) bond motifs is 1. The molecule has 0 fully saturated rings. The van der Waals surface area contributed by atoms with Gasteiger partial charge in [-0.2, -0.15) is 13.2 Å². The number of para-hydroxylation sites is 1. The molecule has 0 aliphatic carbocycles. The lowest BCUT2D eigenvalue weighted by Crippen LogP contribution is -2.21. The van der Waals surface area contributed by atoms with Gasteiger partial charge in [0.2, 0.25) is 0 Å². The zero-order valence-corrected chi connectivity index (χ0v) is 17.6. The first-order valence-corrected chi connectivity index (χ1v) is 10.2. The first-order chi connectivity index (χ1) is 16.3. The van der Waals surface area contributed by atoms with Gasteiger partial charge in [0, 0.05) is 11.3 Å². The predicted molar refractivity (Wildman–Crippen MR) is 120 cm³/mol. The zero-order valence-electron chi connectivity index (χ0n) is 17.6. The maximum Gasteiger partial charge on any atom is 0.417 e. The Morgan fingerprint density at radius 1 is 1.06 bits per heavy atom. The summed E-state index contributed by atoms with van der Waals surface area (Å²) < 4.78 is 45.6. The second-order valence-corrected chi connectivity index (χ2v) is 7.46. The number of aliphatic hydroxyl groups excluding tert-OH is 2. The second kappa shape index (κ2) is 9.54. The minimum atomic E-state index is -4.55. The Hall–Kier alpha value is -3.89. The number of hydrogen-bond acceptors (Lipinski definition) is 5. The van der Waals surface area contributed by atoms with Gasteiger partial charge in [-0.25, -0.2) is 4.98 Å². The standard InChI is InChI=1S/C24H20F3N3O4/c25-24(26,27)19-6-2-1-4-17(19)22-29-20-7-3-5-18(21(20)30-22)23(33)28-14-8-10-16(11-9-14)34-13-15(32)12-31/h1-11,15,31-32H,12-13H2,(H,28,33)(H,29,30). The Morgan fingerprint density at radius 3 is 2.50 bits per heavy atom. The number of halogens is 3. The van der Waals surface area contributed by atoms with Crippen LogP contribution in [0.25, 0.3) is 22.4 Å². The number of rotatable bonds is 7. The van der Waals surface area contributed by atoms with Gasteiger partial charge in [0.05, 0.1) is 23.3 Å². The fourth-order valence-electron chi connectivity index (χ4n) is 3.36. The normalized spacial score (nSPS) is 12.5. The van der Waals surface area contributed by atoms with Crippen LogP contribution in [-0.2, 0) is 6.18 Å². The molecule has 1 atom stereocenters. The molecule has 10 heteroatoms. The molecule has 0 saturated carbocycles. The monoisotopic (exact) mass is 471 g/mol. The van der Waals surface area contributed by atoms with Crippen molar-refractivity contribution in [3.63, 3.8) is 0 Å². The molecule has 1 unspecified atom stereocenters. The largest absolute Gasteiger partial charge is 0.491 e. The zero-order chi connectivity index (χ0) is 24.3. The predicted octanol–water partition coefficient (Wildman–Crippen LogP) is 4.23. The molecule has 0 bridgehead atoms.